The molecule has 2 unspecified atom stereocenters. The number of aliphatic carboxylic acids is 1. The van der Waals surface area contributed by atoms with Crippen molar-refractivity contribution in [2.24, 2.45) is 17.1 Å². The molecule has 0 radical (unpaired) electrons. The minimum Gasteiger partial charge on any atom is -0.481 e. The molecule has 5 nitrogen and oxygen atoms in total. The third-order valence-electron chi connectivity index (χ3n) is 5.16. The van der Waals surface area contributed by atoms with Crippen LogP contribution in [0.2, 0.25) is 0 Å². The fourth-order valence-electron chi connectivity index (χ4n) is 3.49. The topological polar surface area (TPSA) is 92.4 Å². The van der Waals surface area contributed by atoms with Crippen molar-refractivity contribution in [3.8, 4) is 0 Å². The van der Waals surface area contributed by atoms with E-state index in [9.17, 15) is 14.7 Å². The number of carboxylic acid groups (broad SMARTS) is 1. The monoisotopic (exact) mass is 282 g/mol. The highest BCUT2D eigenvalue weighted by Gasteiger charge is 2.44. The zero-order chi connectivity index (χ0) is 14.8. The molecule has 0 bridgehead atoms. The molecule has 2 aliphatic rings. The number of hydrogen-bond donors (Lipinski definition) is 3. The van der Waals surface area contributed by atoms with E-state index >= 15 is 0 Å². The average Bonchev–Trinajstić information content (AvgIpc) is 2.42. The van der Waals surface area contributed by atoms with Crippen molar-refractivity contribution in [2.75, 3.05) is 0 Å². The second-order valence-electron chi connectivity index (χ2n) is 6.64. The molecule has 2 fully saturated rings. The highest BCUT2D eigenvalue weighted by atomic mass is 16.4. The van der Waals surface area contributed by atoms with Gasteiger partial charge in [-0.1, -0.05) is 12.8 Å². The summed E-state index contributed by atoms with van der Waals surface area (Å²) in [6, 6.07) is -0.0186. The zero-order valence-electron chi connectivity index (χ0n) is 12.2. The molecule has 5 heteroatoms. The lowest BCUT2D eigenvalue weighted by Crippen LogP contribution is -2.53. The summed E-state index contributed by atoms with van der Waals surface area (Å²) in [6.07, 6.45) is 6.74. The highest BCUT2D eigenvalue weighted by Crippen LogP contribution is 2.37. The predicted octanol–water partition coefficient (Wildman–Crippen LogP) is 1.65. The van der Waals surface area contributed by atoms with Gasteiger partial charge in [0.2, 0.25) is 5.91 Å². The standard InChI is InChI=1S/C15H26N2O3/c1-15(14(19)20)9-3-2-4-12(15)17-13(18)10-5-7-11(16)8-6-10/h10-12H,2-9,16H2,1H3,(H,17,18)(H,19,20). The van der Waals surface area contributed by atoms with E-state index in [2.05, 4.69) is 5.32 Å². The van der Waals surface area contributed by atoms with Gasteiger partial charge in [0.05, 0.1) is 5.41 Å². The van der Waals surface area contributed by atoms with Gasteiger partial charge in [-0.3, -0.25) is 9.59 Å². The molecule has 2 saturated carbocycles. The summed E-state index contributed by atoms with van der Waals surface area (Å²) in [6.45, 7) is 1.76. The van der Waals surface area contributed by atoms with Gasteiger partial charge >= 0.3 is 5.97 Å². The second-order valence-corrected chi connectivity index (χ2v) is 6.64. The lowest BCUT2D eigenvalue weighted by Gasteiger charge is -2.39. The smallest absolute Gasteiger partial charge is 0.311 e. The van der Waals surface area contributed by atoms with Crippen molar-refractivity contribution >= 4 is 11.9 Å². The maximum Gasteiger partial charge on any atom is 0.311 e. The summed E-state index contributed by atoms with van der Waals surface area (Å²) in [5.41, 5.74) is 5.03. The first-order valence-electron chi connectivity index (χ1n) is 7.73. The van der Waals surface area contributed by atoms with Crippen molar-refractivity contribution in [1.82, 2.24) is 5.32 Å². The molecule has 0 aromatic rings. The number of carbonyl (C=O) groups is 2. The van der Waals surface area contributed by atoms with Gasteiger partial charge < -0.3 is 16.2 Å². The Hall–Kier alpha value is -1.10. The molecule has 0 aromatic heterocycles. The first-order chi connectivity index (χ1) is 9.43. The van der Waals surface area contributed by atoms with E-state index in [4.69, 9.17) is 5.73 Å². The number of amides is 1. The Bertz CT molecular complexity index is 377. The van der Waals surface area contributed by atoms with Crippen molar-refractivity contribution < 1.29 is 14.7 Å². The fourth-order valence-corrected chi connectivity index (χ4v) is 3.49. The normalized spacial score (nSPS) is 38.2. The number of carbonyl (C=O) groups excluding carboxylic acids is 1. The van der Waals surface area contributed by atoms with Crippen molar-refractivity contribution in [2.45, 2.75) is 70.4 Å². The van der Waals surface area contributed by atoms with Crippen LogP contribution in [0.3, 0.4) is 0 Å². The van der Waals surface area contributed by atoms with Crippen molar-refractivity contribution in [1.29, 1.82) is 0 Å². The van der Waals surface area contributed by atoms with Gasteiger partial charge in [-0.2, -0.15) is 0 Å². The van der Waals surface area contributed by atoms with E-state index in [1.165, 1.54) is 0 Å². The number of hydrogen-bond acceptors (Lipinski definition) is 3. The molecule has 114 valence electrons. The summed E-state index contributed by atoms with van der Waals surface area (Å²) < 4.78 is 0. The Kier molecular flexibility index (Phi) is 4.68. The van der Waals surface area contributed by atoms with Crippen LogP contribution in [0.5, 0.6) is 0 Å². The predicted molar refractivity (Wildman–Crippen MR) is 76.1 cm³/mol. The molecule has 1 amide bonds. The van der Waals surface area contributed by atoms with Gasteiger partial charge in [0.1, 0.15) is 0 Å². The van der Waals surface area contributed by atoms with Crippen LogP contribution in [0, 0.1) is 11.3 Å². The molecule has 2 rings (SSSR count). The SMILES string of the molecule is CC1(C(=O)O)CCCCC1NC(=O)C1CCC(N)CC1. The van der Waals surface area contributed by atoms with Crippen LogP contribution in [-0.4, -0.2) is 29.1 Å². The van der Waals surface area contributed by atoms with E-state index in [0.29, 0.717) is 6.42 Å². The molecule has 4 N–H and O–H groups in total. The van der Waals surface area contributed by atoms with Crippen molar-refractivity contribution in [3.63, 3.8) is 0 Å². The molecule has 0 aromatic carbocycles. The first-order valence-corrected chi connectivity index (χ1v) is 7.73. The molecule has 2 atom stereocenters. The Morgan fingerprint density at radius 1 is 1.15 bits per heavy atom. The highest BCUT2D eigenvalue weighted by molar-refractivity contribution is 5.81. The molecule has 0 spiro atoms. The van der Waals surface area contributed by atoms with Crippen LogP contribution in [-0.2, 0) is 9.59 Å². The van der Waals surface area contributed by atoms with Crippen LogP contribution < -0.4 is 11.1 Å². The quantitative estimate of drug-likeness (QED) is 0.734. The maximum atomic E-state index is 12.3. The zero-order valence-corrected chi connectivity index (χ0v) is 12.2. The maximum absolute atomic E-state index is 12.3. The van der Waals surface area contributed by atoms with Crippen molar-refractivity contribution in [3.05, 3.63) is 0 Å². The molecular formula is C15H26N2O3. The number of nitrogens with two attached hydrogens (primary N) is 1. The second kappa shape index (κ2) is 6.12. The van der Waals surface area contributed by atoms with Crippen LogP contribution in [0.4, 0.5) is 0 Å². The third-order valence-corrected chi connectivity index (χ3v) is 5.16. The summed E-state index contributed by atoms with van der Waals surface area (Å²) in [4.78, 5) is 23.9. The molecule has 20 heavy (non-hydrogen) atoms. The van der Waals surface area contributed by atoms with Crippen LogP contribution in [0.15, 0.2) is 0 Å². The van der Waals surface area contributed by atoms with Gasteiger partial charge in [-0.25, -0.2) is 0 Å². The fraction of sp³-hybridized carbons (Fsp3) is 0.867. The van der Waals surface area contributed by atoms with Gasteiger partial charge in [0.25, 0.3) is 0 Å². The summed E-state index contributed by atoms with van der Waals surface area (Å²) >= 11 is 0. The van der Waals surface area contributed by atoms with Crippen LogP contribution in [0.25, 0.3) is 0 Å². The van der Waals surface area contributed by atoms with Gasteiger partial charge in [0.15, 0.2) is 0 Å². The number of nitrogens with one attached hydrogen (secondary N) is 1. The summed E-state index contributed by atoms with van der Waals surface area (Å²) in [7, 11) is 0. The summed E-state index contributed by atoms with van der Waals surface area (Å²) in [5.74, 6) is -0.765. The molecule has 0 aliphatic heterocycles. The Morgan fingerprint density at radius 2 is 1.80 bits per heavy atom. The lowest BCUT2D eigenvalue weighted by molar-refractivity contribution is -0.152. The molecule has 0 heterocycles. The van der Waals surface area contributed by atoms with E-state index in [-0.39, 0.29) is 23.9 Å². The molecule has 2 aliphatic carbocycles. The number of rotatable bonds is 3. The lowest BCUT2D eigenvalue weighted by atomic mass is 9.71. The minimum atomic E-state index is -0.820. The minimum absolute atomic E-state index is 0.00905. The third kappa shape index (κ3) is 3.14. The van der Waals surface area contributed by atoms with E-state index < -0.39 is 11.4 Å². The van der Waals surface area contributed by atoms with Gasteiger partial charge in [-0.05, 0) is 45.4 Å². The van der Waals surface area contributed by atoms with Gasteiger partial charge in [-0.15, -0.1) is 0 Å². The van der Waals surface area contributed by atoms with Gasteiger partial charge in [0, 0.05) is 18.0 Å². The Morgan fingerprint density at radius 3 is 2.40 bits per heavy atom. The molecular weight excluding hydrogens is 256 g/mol. The Balaban J connectivity index is 1.97. The summed E-state index contributed by atoms with van der Waals surface area (Å²) in [5, 5.41) is 12.5. The van der Waals surface area contributed by atoms with E-state index in [0.717, 1.165) is 44.9 Å². The van der Waals surface area contributed by atoms with E-state index in [1.807, 2.05) is 0 Å². The van der Waals surface area contributed by atoms with Crippen LogP contribution >= 0.6 is 0 Å². The first kappa shape index (κ1) is 15.3. The number of carboxylic acids is 1. The Labute approximate surface area is 120 Å². The largest absolute Gasteiger partial charge is 0.481 e. The van der Waals surface area contributed by atoms with Crippen LogP contribution in [0.1, 0.15) is 58.3 Å². The molecule has 0 saturated heterocycles. The van der Waals surface area contributed by atoms with E-state index in [1.54, 1.807) is 6.92 Å². The average molecular weight is 282 g/mol.